The molecule has 1 saturated heterocycles. The molecule has 1 heterocycles. The van der Waals surface area contributed by atoms with Crippen LogP contribution >= 0.6 is 0 Å². The Morgan fingerprint density at radius 3 is 2.25 bits per heavy atom. The summed E-state index contributed by atoms with van der Waals surface area (Å²) in [4.78, 5) is 14.5. The molecule has 0 aliphatic carbocycles. The van der Waals surface area contributed by atoms with Gasteiger partial charge in [0.05, 0.1) is 11.1 Å². The van der Waals surface area contributed by atoms with Gasteiger partial charge in [0.2, 0.25) is 10.0 Å². The van der Waals surface area contributed by atoms with E-state index in [-0.39, 0.29) is 10.8 Å². The number of benzene rings is 2. The van der Waals surface area contributed by atoms with Gasteiger partial charge in [0.1, 0.15) is 0 Å². The van der Waals surface area contributed by atoms with E-state index in [1.165, 1.54) is 4.31 Å². The molecule has 1 amide bonds. The van der Waals surface area contributed by atoms with Crippen molar-refractivity contribution >= 4 is 15.9 Å². The Morgan fingerprint density at radius 2 is 1.62 bits per heavy atom. The van der Waals surface area contributed by atoms with Crippen LogP contribution in [0.3, 0.4) is 0 Å². The number of nitrogens with zero attached hydrogens (tertiary/aromatic N) is 2. The highest BCUT2D eigenvalue weighted by molar-refractivity contribution is 7.89. The quantitative estimate of drug-likeness (QED) is 0.859. The number of hydrogen-bond acceptors (Lipinski definition) is 3. The van der Waals surface area contributed by atoms with Crippen molar-refractivity contribution in [3.05, 3.63) is 65.7 Å². The number of aryl methyl sites for hydroxylation is 1. The van der Waals surface area contributed by atoms with Crippen LogP contribution in [-0.2, 0) is 10.0 Å². The van der Waals surface area contributed by atoms with Crippen molar-refractivity contribution in [3.63, 3.8) is 0 Å². The molecule has 3 rings (SSSR count). The monoisotopic (exact) mass is 344 g/mol. The van der Waals surface area contributed by atoms with Crippen molar-refractivity contribution in [1.82, 2.24) is 9.21 Å². The summed E-state index contributed by atoms with van der Waals surface area (Å²) < 4.78 is 27.1. The highest BCUT2D eigenvalue weighted by Gasteiger charge is 2.39. The summed E-state index contributed by atoms with van der Waals surface area (Å²) in [6.45, 7) is 4.35. The fraction of sp³-hybridized carbons (Fsp3) is 0.278. The second kappa shape index (κ2) is 6.37. The van der Waals surface area contributed by atoms with E-state index in [9.17, 15) is 13.2 Å². The van der Waals surface area contributed by atoms with Gasteiger partial charge in [-0.05, 0) is 38.1 Å². The predicted octanol–water partition coefficient (Wildman–Crippen LogP) is 2.49. The van der Waals surface area contributed by atoms with Crippen LogP contribution < -0.4 is 0 Å². The first kappa shape index (κ1) is 16.7. The van der Waals surface area contributed by atoms with E-state index in [4.69, 9.17) is 0 Å². The largest absolute Gasteiger partial charge is 0.321 e. The molecule has 0 aromatic heterocycles. The van der Waals surface area contributed by atoms with Gasteiger partial charge in [0.15, 0.2) is 0 Å². The second-order valence-electron chi connectivity index (χ2n) is 5.93. The fourth-order valence-electron chi connectivity index (χ4n) is 2.92. The second-order valence-corrected chi connectivity index (χ2v) is 7.82. The highest BCUT2D eigenvalue weighted by atomic mass is 32.2. The van der Waals surface area contributed by atoms with E-state index in [1.807, 2.05) is 13.0 Å². The van der Waals surface area contributed by atoms with Crippen LogP contribution in [0.15, 0.2) is 59.5 Å². The summed E-state index contributed by atoms with van der Waals surface area (Å²) >= 11 is 0. The van der Waals surface area contributed by atoms with Gasteiger partial charge in [-0.15, -0.1) is 0 Å². The van der Waals surface area contributed by atoms with Crippen LogP contribution in [0.1, 0.15) is 22.8 Å². The highest BCUT2D eigenvalue weighted by Crippen LogP contribution is 2.25. The van der Waals surface area contributed by atoms with Crippen LogP contribution in [0, 0.1) is 6.92 Å². The Balaban J connectivity index is 1.84. The fourth-order valence-corrected chi connectivity index (χ4v) is 4.51. The Hall–Kier alpha value is -2.18. The lowest BCUT2D eigenvalue weighted by Gasteiger charge is -2.26. The van der Waals surface area contributed by atoms with Crippen molar-refractivity contribution in [2.75, 3.05) is 13.1 Å². The first-order chi connectivity index (χ1) is 11.4. The van der Waals surface area contributed by atoms with Gasteiger partial charge in [0, 0.05) is 18.7 Å². The molecule has 1 atom stereocenters. The topological polar surface area (TPSA) is 57.7 Å². The zero-order valence-electron chi connectivity index (χ0n) is 13.7. The smallest absolute Gasteiger partial charge is 0.255 e. The summed E-state index contributed by atoms with van der Waals surface area (Å²) in [6.07, 6.45) is -0.510. The third-order valence-corrected chi connectivity index (χ3v) is 6.31. The number of sulfonamides is 1. The molecule has 5 nitrogen and oxygen atoms in total. The molecular weight excluding hydrogens is 324 g/mol. The molecule has 0 saturated carbocycles. The molecule has 24 heavy (non-hydrogen) atoms. The van der Waals surface area contributed by atoms with Crippen LogP contribution in [0.25, 0.3) is 0 Å². The van der Waals surface area contributed by atoms with Crippen LogP contribution in [0.4, 0.5) is 0 Å². The Morgan fingerprint density at radius 1 is 1.00 bits per heavy atom. The standard InChI is InChI=1S/C18H20N2O3S/c1-14-8-10-17(11-9-14)24(22,23)20-13-12-19(15(20)2)18(21)16-6-4-3-5-7-16/h3-11,15H,12-13H2,1-2H3/t15-/m0/s1. The Labute approximate surface area is 142 Å². The summed E-state index contributed by atoms with van der Waals surface area (Å²) in [6, 6.07) is 15.7. The van der Waals surface area contributed by atoms with Crippen molar-refractivity contribution < 1.29 is 13.2 Å². The molecule has 6 heteroatoms. The number of rotatable bonds is 3. The minimum absolute atomic E-state index is 0.148. The molecular formula is C18H20N2O3S. The molecule has 1 aliphatic heterocycles. The summed E-state index contributed by atoms with van der Waals surface area (Å²) in [5.41, 5.74) is 1.57. The van der Waals surface area contributed by atoms with Crippen molar-refractivity contribution in [2.45, 2.75) is 24.9 Å². The molecule has 126 valence electrons. The Kier molecular flexibility index (Phi) is 4.43. The zero-order chi connectivity index (χ0) is 17.3. The third-order valence-electron chi connectivity index (χ3n) is 4.34. The molecule has 0 bridgehead atoms. The van der Waals surface area contributed by atoms with Gasteiger partial charge >= 0.3 is 0 Å². The van der Waals surface area contributed by atoms with Crippen LogP contribution in [-0.4, -0.2) is 42.8 Å². The molecule has 0 N–H and O–H groups in total. The molecule has 0 spiro atoms. The van der Waals surface area contributed by atoms with Gasteiger partial charge in [-0.25, -0.2) is 8.42 Å². The molecule has 0 unspecified atom stereocenters. The van der Waals surface area contributed by atoms with E-state index >= 15 is 0 Å². The summed E-state index contributed by atoms with van der Waals surface area (Å²) in [5, 5.41) is 0. The van der Waals surface area contributed by atoms with E-state index in [2.05, 4.69) is 0 Å². The van der Waals surface area contributed by atoms with Gasteiger partial charge in [0.25, 0.3) is 5.91 Å². The molecule has 0 radical (unpaired) electrons. The SMILES string of the molecule is Cc1ccc(S(=O)(=O)N2CCN(C(=O)c3ccccc3)[C@@H]2C)cc1. The molecule has 1 fully saturated rings. The van der Waals surface area contributed by atoms with Crippen molar-refractivity contribution in [3.8, 4) is 0 Å². The van der Waals surface area contributed by atoms with E-state index in [0.29, 0.717) is 18.7 Å². The first-order valence-corrected chi connectivity index (χ1v) is 9.30. The maximum absolute atomic E-state index is 12.8. The van der Waals surface area contributed by atoms with Crippen LogP contribution in [0.5, 0.6) is 0 Å². The van der Waals surface area contributed by atoms with Crippen LogP contribution in [0.2, 0.25) is 0 Å². The maximum Gasteiger partial charge on any atom is 0.255 e. The molecule has 2 aromatic rings. The number of carbonyl (C=O) groups excluding carboxylic acids is 1. The average Bonchev–Trinajstić information content (AvgIpc) is 2.97. The van der Waals surface area contributed by atoms with Crippen molar-refractivity contribution in [1.29, 1.82) is 0 Å². The Bertz CT molecular complexity index is 832. The number of amides is 1. The van der Waals surface area contributed by atoms with E-state index in [1.54, 1.807) is 60.4 Å². The summed E-state index contributed by atoms with van der Waals surface area (Å²) in [5.74, 6) is -0.148. The predicted molar refractivity (Wildman–Crippen MR) is 92.0 cm³/mol. The summed E-state index contributed by atoms with van der Waals surface area (Å²) in [7, 11) is -3.61. The van der Waals surface area contributed by atoms with E-state index < -0.39 is 16.2 Å². The van der Waals surface area contributed by atoms with Gasteiger partial charge < -0.3 is 4.90 Å². The van der Waals surface area contributed by atoms with Gasteiger partial charge in [-0.2, -0.15) is 4.31 Å². The van der Waals surface area contributed by atoms with Gasteiger partial charge in [-0.3, -0.25) is 4.79 Å². The first-order valence-electron chi connectivity index (χ1n) is 7.86. The van der Waals surface area contributed by atoms with E-state index in [0.717, 1.165) is 5.56 Å². The lowest BCUT2D eigenvalue weighted by atomic mass is 10.2. The zero-order valence-corrected chi connectivity index (χ0v) is 14.5. The normalized spacial score (nSPS) is 18.8. The lowest BCUT2D eigenvalue weighted by molar-refractivity contribution is 0.0713. The average molecular weight is 344 g/mol. The molecule has 2 aromatic carbocycles. The minimum atomic E-state index is -3.61. The lowest BCUT2D eigenvalue weighted by Crippen LogP contribution is -2.42. The van der Waals surface area contributed by atoms with Crippen molar-refractivity contribution in [2.24, 2.45) is 0 Å². The number of hydrogen-bond donors (Lipinski definition) is 0. The number of carbonyl (C=O) groups is 1. The van der Waals surface area contributed by atoms with Gasteiger partial charge in [-0.1, -0.05) is 35.9 Å². The molecule has 1 aliphatic rings. The maximum atomic E-state index is 12.8. The third kappa shape index (κ3) is 2.95. The minimum Gasteiger partial charge on any atom is -0.321 e.